The van der Waals surface area contributed by atoms with Crippen molar-refractivity contribution < 1.29 is 18.6 Å². The van der Waals surface area contributed by atoms with Crippen LogP contribution in [0.1, 0.15) is 31.1 Å². The number of nitrogens with one attached hydrogen (secondary N) is 1. The van der Waals surface area contributed by atoms with E-state index in [1.807, 2.05) is 20.8 Å². The van der Waals surface area contributed by atoms with E-state index in [0.29, 0.717) is 5.56 Å². The second-order valence-corrected chi connectivity index (χ2v) is 5.18. The Morgan fingerprint density at radius 2 is 1.72 bits per heavy atom. The summed E-state index contributed by atoms with van der Waals surface area (Å²) in [4.78, 5) is 22.7. The van der Waals surface area contributed by atoms with Crippen LogP contribution in [0.2, 0.25) is 0 Å². The third-order valence-electron chi connectivity index (χ3n) is 1.76. The third kappa shape index (κ3) is 5.64. The molecule has 18 heavy (non-hydrogen) atoms. The Kier molecular flexibility index (Phi) is 5.10. The maximum atomic E-state index is 11.5. The first kappa shape index (κ1) is 14.5. The van der Waals surface area contributed by atoms with Crippen LogP contribution in [0, 0.1) is 0 Å². The fourth-order valence-corrected chi connectivity index (χ4v) is 1.42. The molecule has 1 unspecified atom stereocenters. The molecule has 0 bridgehead atoms. The molecule has 0 aromatic heterocycles. The standard InChI is InChI=1S/C12H16NO4P/c1-12(2,3)13-11(15)17-18-16-10(14)9-7-5-4-6-8-9/h4-8,18H,1-3H3,(H,13,15). The number of hydrogen-bond acceptors (Lipinski definition) is 4. The molecule has 1 atom stereocenters. The van der Waals surface area contributed by atoms with Crippen molar-refractivity contribution in [3.8, 4) is 0 Å². The number of rotatable bonds is 3. The summed E-state index contributed by atoms with van der Waals surface area (Å²) >= 11 is 0. The Balaban J connectivity index is 2.30. The lowest BCUT2D eigenvalue weighted by Gasteiger charge is -2.19. The highest BCUT2D eigenvalue weighted by Gasteiger charge is 2.15. The number of hydrogen-bond donors (Lipinski definition) is 1. The van der Waals surface area contributed by atoms with Crippen LogP contribution in [-0.4, -0.2) is 17.6 Å². The second-order valence-electron chi connectivity index (χ2n) is 4.60. The summed E-state index contributed by atoms with van der Waals surface area (Å²) in [6.07, 6.45) is -0.610. The average Bonchev–Trinajstić information content (AvgIpc) is 2.27. The number of carbonyl (C=O) groups is 2. The lowest BCUT2D eigenvalue weighted by molar-refractivity contribution is 0.0744. The molecule has 1 N–H and O–H groups in total. The SMILES string of the molecule is CC(C)(C)NC(=O)OPOC(=O)c1ccccc1. The van der Waals surface area contributed by atoms with Gasteiger partial charge in [-0.3, -0.25) is 0 Å². The molecule has 0 aliphatic heterocycles. The van der Waals surface area contributed by atoms with Gasteiger partial charge in [0, 0.05) is 5.54 Å². The molecule has 1 aromatic carbocycles. The van der Waals surface area contributed by atoms with Crippen LogP contribution in [0.5, 0.6) is 0 Å². The van der Waals surface area contributed by atoms with Gasteiger partial charge in [0.1, 0.15) is 0 Å². The summed E-state index contributed by atoms with van der Waals surface area (Å²) in [6.45, 7) is 5.48. The van der Waals surface area contributed by atoms with E-state index < -0.39 is 21.1 Å². The van der Waals surface area contributed by atoms with E-state index in [0.717, 1.165) is 0 Å². The predicted molar refractivity (Wildman–Crippen MR) is 69.5 cm³/mol. The van der Waals surface area contributed by atoms with Crippen LogP contribution in [0.15, 0.2) is 30.3 Å². The van der Waals surface area contributed by atoms with Gasteiger partial charge in [0.15, 0.2) is 0 Å². The van der Waals surface area contributed by atoms with Crippen LogP contribution in [0.4, 0.5) is 4.79 Å². The van der Waals surface area contributed by atoms with Crippen molar-refractivity contribution in [1.29, 1.82) is 0 Å². The van der Waals surface area contributed by atoms with E-state index in [1.54, 1.807) is 30.3 Å². The molecule has 0 saturated carbocycles. The van der Waals surface area contributed by atoms with Crippen LogP contribution in [0.25, 0.3) is 0 Å². The van der Waals surface area contributed by atoms with Crippen molar-refractivity contribution in [2.75, 3.05) is 0 Å². The largest absolute Gasteiger partial charge is 0.412 e. The fraction of sp³-hybridized carbons (Fsp3) is 0.333. The van der Waals surface area contributed by atoms with E-state index >= 15 is 0 Å². The maximum Gasteiger partial charge on any atom is 0.412 e. The van der Waals surface area contributed by atoms with Crippen molar-refractivity contribution >= 4 is 21.1 Å². The summed E-state index contributed by atoms with van der Waals surface area (Å²) in [5, 5.41) is 2.59. The van der Waals surface area contributed by atoms with Crippen LogP contribution in [-0.2, 0) is 9.05 Å². The maximum absolute atomic E-state index is 11.5. The zero-order valence-electron chi connectivity index (χ0n) is 10.5. The predicted octanol–water partition coefficient (Wildman–Crippen LogP) is 2.88. The van der Waals surface area contributed by atoms with Gasteiger partial charge in [0.25, 0.3) is 9.03 Å². The number of benzene rings is 1. The summed E-state index contributed by atoms with van der Waals surface area (Å²) < 4.78 is 9.56. The van der Waals surface area contributed by atoms with Crippen LogP contribution >= 0.6 is 9.03 Å². The minimum Gasteiger partial charge on any atom is -0.405 e. The molecule has 1 rings (SSSR count). The molecule has 98 valence electrons. The highest BCUT2D eigenvalue weighted by molar-refractivity contribution is 7.27. The minimum absolute atomic E-state index is 0.384. The van der Waals surface area contributed by atoms with E-state index in [1.165, 1.54) is 0 Å². The van der Waals surface area contributed by atoms with Crippen molar-refractivity contribution in [1.82, 2.24) is 5.32 Å². The molecule has 0 aliphatic carbocycles. The Morgan fingerprint density at radius 1 is 1.11 bits per heavy atom. The lowest BCUT2D eigenvalue weighted by Crippen LogP contribution is -2.40. The van der Waals surface area contributed by atoms with Crippen molar-refractivity contribution in [3.63, 3.8) is 0 Å². The van der Waals surface area contributed by atoms with Gasteiger partial charge in [-0.1, -0.05) is 18.2 Å². The van der Waals surface area contributed by atoms with Gasteiger partial charge in [-0.15, -0.1) is 0 Å². The minimum atomic E-state index is -0.657. The topological polar surface area (TPSA) is 64.6 Å². The molecule has 1 amide bonds. The van der Waals surface area contributed by atoms with Gasteiger partial charge in [-0.25, -0.2) is 9.59 Å². The number of carbonyl (C=O) groups excluding carboxylic acids is 2. The van der Waals surface area contributed by atoms with Crippen LogP contribution < -0.4 is 5.32 Å². The molecule has 0 heterocycles. The van der Waals surface area contributed by atoms with Crippen molar-refractivity contribution in [3.05, 3.63) is 35.9 Å². The molecular formula is C12H16NO4P. The van der Waals surface area contributed by atoms with Gasteiger partial charge >= 0.3 is 12.1 Å². The molecular weight excluding hydrogens is 253 g/mol. The summed E-state index contributed by atoms with van der Waals surface area (Å²) in [5.41, 5.74) is 0.0372. The monoisotopic (exact) mass is 269 g/mol. The Labute approximate surface area is 108 Å². The number of amides is 1. The first-order valence-corrected chi connectivity index (χ1v) is 6.20. The van der Waals surface area contributed by atoms with Crippen LogP contribution in [0.3, 0.4) is 0 Å². The first-order chi connectivity index (χ1) is 8.38. The fourth-order valence-electron chi connectivity index (χ4n) is 1.06. The van der Waals surface area contributed by atoms with Gasteiger partial charge in [0.05, 0.1) is 5.56 Å². The smallest absolute Gasteiger partial charge is 0.405 e. The molecule has 0 spiro atoms. The molecule has 1 aromatic rings. The second kappa shape index (κ2) is 6.36. The molecule has 6 heteroatoms. The third-order valence-corrected chi connectivity index (χ3v) is 2.29. The zero-order chi connectivity index (χ0) is 13.6. The van der Waals surface area contributed by atoms with Crippen molar-refractivity contribution in [2.24, 2.45) is 0 Å². The summed E-state index contributed by atoms with van der Waals surface area (Å²) in [7, 11) is -0.657. The average molecular weight is 269 g/mol. The Bertz CT molecular complexity index is 414. The van der Waals surface area contributed by atoms with E-state index in [2.05, 4.69) is 5.32 Å². The van der Waals surface area contributed by atoms with Gasteiger partial charge in [-0.05, 0) is 32.9 Å². The molecule has 0 saturated heterocycles. The quantitative estimate of drug-likeness (QED) is 0.857. The first-order valence-electron chi connectivity index (χ1n) is 5.39. The van der Waals surface area contributed by atoms with E-state index in [4.69, 9.17) is 9.05 Å². The molecule has 5 nitrogen and oxygen atoms in total. The Hall–Kier alpha value is -1.61. The molecule has 0 aliphatic rings. The molecule has 0 fully saturated rings. The van der Waals surface area contributed by atoms with Gasteiger partial charge < -0.3 is 14.4 Å². The van der Waals surface area contributed by atoms with Gasteiger partial charge in [0.2, 0.25) is 0 Å². The van der Waals surface area contributed by atoms with E-state index in [9.17, 15) is 9.59 Å². The summed E-state index contributed by atoms with van der Waals surface area (Å²) in [6, 6.07) is 8.51. The normalized spacial score (nSPS) is 11.3. The van der Waals surface area contributed by atoms with E-state index in [-0.39, 0.29) is 5.54 Å². The lowest BCUT2D eigenvalue weighted by atomic mass is 10.1. The molecule has 0 radical (unpaired) electrons. The Morgan fingerprint density at radius 3 is 2.28 bits per heavy atom. The highest BCUT2D eigenvalue weighted by atomic mass is 31.1. The zero-order valence-corrected chi connectivity index (χ0v) is 11.5. The van der Waals surface area contributed by atoms with Gasteiger partial charge in [-0.2, -0.15) is 0 Å². The van der Waals surface area contributed by atoms with Crippen molar-refractivity contribution in [2.45, 2.75) is 26.3 Å². The highest BCUT2D eigenvalue weighted by Crippen LogP contribution is 2.17. The summed E-state index contributed by atoms with van der Waals surface area (Å²) in [5.74, 6) is -0.516.